The van der Waals surface area contributed by atoms with Crippen LogP contribution in [0.5, 0.6) is 11.5 Å². The molecule has 132 valence electrons. The van der Waals surface area contributed by atoms with Crippen molar-refractivity contribution < 1.29 is 14.3 Å². The molecule has 1 aliphatic rings. The van der Waals surface area contributed by atoms with Gasteiger partial charge in [0.2, 0.25) is 6.79 Å². The van der Waals surface area contributed by atoms with Crippen LogP contribution in [0.4, 0.5) is 4.79 Å². The van der Waals surface area contributed by atoms with Gasteiger partial charge in [-0.15, -0.1) is 0 Å². The third kappa shape index (κ3) is 4.89. The second-order valence-electron chi connectivity index (χ2n) is 6.55. The zero-order chi connectivity index (χ0) is 17.6. The van der Waals surface area contributed by atoms with Gasteiger partial charge in [-0.2, -0.15) is 0 Å². The van der Waals surface area contributed by atoms with Gasteiger partial charge in [-0.3, -0.25) is 0 Å². The molecule has 2 aromatic rings. The largest absolute Gasteiger partial charge is 0.454 e. The van der Waals surface area contributed by atoms with Crippen LogP contribution in [0.15, 0.2) is 48.5 Å². The molecule has 5 heteroatoms. The highest BCUT2D eigenvalue weighted by atomic mass is 16.7. The van der Waals surface area contributed by atoms with Gasteiger partial charge < -0.3 is 20.1 Å². The van der Waals surface area contributed by atoms with Gasteiger partial charge in [-0.1, -0.05) is 36.4 Å². The average molecular weight is 340 g/mol. The van der Waals surface area contributed by atoms with Crippen molar-refractivity contribution in [2.24, 2.45) is 0 Å². The van der Waals surface area contributed by atoms with Crippen molar-refractivity contribution in [2.75, 3.05) is 6.79 Å². The summed E-state index contributed by atoms with van der Waals surface area (Å²) in [5.41, 5.74) is 2.30. The van der Waals surface area contributed by atoms with Gasteiger partial charge in [-0.05, 0) is 49.9 Å². The van der Waals surface area contributed by atoms with E-state index in [0.717, 1.165) is 29.9 Å². The molecule has 0 aliphatic carbocycles. The minimum absolute atomic E-state index is 0.0125. The molecule has 0 saturated carbocycles. The molecular formula is C20H24N2O3. The molecule has 1 unspecified atom stereocenters. The molecule has 2 amide bonds. The summed E-state index contributed by atoms with van der Waals surface area (Å²) in [4.78, 5) is 12.2. The highest BCUT2D eigenvalue weighted by molar-refractivity contribution is 5.74. The van der Waals surface area contributed by atoms with E-state index in [-0.39, 0.29) is 24.9 Å². The van der Waals surface area contributed by atoms with E-state index in [0.29, 0.717) is 0 Å². The fourth-order valence-electron chi connectivity index (χ4n) is 2.91. The average Bonchev–Trinajstić information content (AvgIpc) is 3.02. The Balaban J connectivity index is 1.72. The van der Waals surface area contributed by atoms with Crippen LogP contribution < -0.4 is 20.1 Å². The number of carbonyl (C=O) groups excluding carboxylic acids is 1. The number of fused-ring (bicyclic) bond motifs is 1. The lowest BCUT2D eigenvalue weighted by atomic mass is 9.98. The van der Waals surface area contributed by atoms with Crippen molar-refractivity contribution in [3.8, 4) is 11.5 Å². The number of benzene rings is 2. The van der Waals surface area contributed by atoms with Gasteiger partial charge in [0, 0.05) is 12.1 Å². The van der Waals surface area contributed by atoms with E-state index < -0.39 is 0 Å². The molecule has 0 aromatic heterocycles. The molecule has 0 radical (unpaired) electrons. The summed E-state index contributed by atoms with van der Waals surface area (Å²) in [5, 5.41) is 5.98. The first-order valence-corrected chi connectivity index (χ1v) is 8.59. The van der Waals surface area contributed by atoms with Crippen LogP contribution in [-0.2, 0) is 12.8 Å². The van der Waals surface area contributed by atoms with Gasteiger partial charge in [0.15, 0.2) is 11.5 Å². The standard InChI is InChI=1S/C20H24N2O3/c1-14(2)21-20(23)22-17(10-15-6-4-3-5-7-15)11-16-8-9-18-19(12-16)25-13-24-18/h3-9,12,14,17H,10-11,13H2,1-2H3,(H2,21,22,23). The molecule has 3 rings (SSSR count). The van der Waals surface area contributed by atoms with Crippen LogP contribution in [0.2, 0.25) is 0 Å². The van der Waals surface area contributed by atoms with Crippen molar-refractivity contribution in [3.63, 3.8) is 0 Å². The second kappa shape index (κ2) is 7.92. The molecule has 0 fully saturated rings. The predicted octanol–water partition coefficient (Wildman–Crippen LogP) is 3.28. The van der Waals surface area contributed by atoms with Crippen molar-refractivity contribution in [2.45, 2.75) is 38.8 Å². The Kier molecular flexibility index (Phi) is 5.43. The van der Waals surface area contributed by atoms with Gasteiger partial charge in [0.1, 0.15) is 0 Å². The van der Waals surface area contributed by atoms with E-state index >= 15 is 0 Å². The molecule has 2 aromatic carbocycles. The summed E-state index contributed by atoms with van der Waals surface area (Å²) in [7, 11) is 0. The monoisotopic (exact) mass is 340 g/mol. The minimum Gasteiger partial charge on any atom is -0.454 e. The lowest BCUT2D eigenvalue weighted by Crippen LogP contribution is -2.46. The maximum Gasteiger partial charge on any atom is 0.315 e. The number of hydrogen-bond acceptors (Lipinski definition) is 3. The topological polar surface area (TPSA) is 59.6 Å². The van der Waals surface area contributed by atoms with Crippen molar-refractivity contribution in [3.05, 3.63) is 59.7 Å². The van der Waals surface area contributed by atoms with Crippen LogP contribution >= 0.6 is 0 Å². The Bertz CT molecular complexity index is 716. The zero-order valence-corrected chi connectivity index (χ0v) is 14.6. The highest BCUT2D eigenvalue weighted by Crippen LogP contribution is 2.32. The molecule has 0 spiro atoms. The van der Waals surface area contributed by atoms with E-state index in [1.807, 2.05) is 50.2 Å². The Morgan fingerprint density at radius 2 is 1.68 bits per heavy atom. The lowest BCUT2D eigenvalue weighted by Gasteiger charge is -2.20. The van der Waals surface area contributed by atoms with Crippen molar-refractivity contribution in [1.29, 1.82) is 0 Å². The number of rotatable bonds is 6. The third-order valence-corrected chi connectivity index (χ3v) is 4.00. The predicted molar refractivity (Wildman–Crippen MR) is 97.0 cm³/mol. The molecular weight excluding hydrogens is 316 g/mol. The number of urea groups is 1. The van der Waals surface area contributed by atoms with Crippen molar-refractivity contribution >= 4 is 6.03 Å². The van der Waals surface area contributed by atoms with Gasteiger partial charge >= 0.3 is 6.03 Å². The summed E-state index contributed by atoms with van der Waals surface area (Å²) < 4.78 is 10.8. The molecule has 0 saturated heterocycles. The molecule has 1 aliphatic heterocycles. The molecule has 1 heterocycles. The Morgan fingerprint density at radius 1 is 0.960 bits per heavy atom. The summed E-state index contributed by atoms with van der Waals surface area (Å²) >= 11 is 0. The third-order valence-electron chi connectivity index (χ3n) is 4.00. The van der Waals surface area contributed by atoms with Crippen molar-refractivity contribution in [1.82, 2.24) is 10.6 Å². The van der Waals surface area contributed by atoms with Crippen LogP contribution in [0, 0.1) is 0 Å². The van der Waals surface area contributed by atoms with E-state index in [1.165, 1.54) is 5.56 Å². The van der Waals surface area contributed by atoms with Crippen LogP contribution in [0.1, 0.15) is 25.0 Å². The Labute approximate surface area is 148 Å². The number of ether oxygens (including phenoxy) is 2. The van der Waals surface area contributed by atoms with Gasteiger partial charge in [-0.25, -0.2) is 4.79 Å². The number of hydrogen-bond donors (Lipinski definition) is 2. The first-order chi connectivity index (χ1) is 12.1. The Hall–Kier alpha value is -2.69. The number of amides is 2. The van der Waals surface area contributed by atoms with E-state index in [2.05, 4.69) is 22.8 Å². The zero-order valence-electron chi connectivity index (χ0n) is 14.6. The molecule has 0 bridgehead atoms. The van der Waals surface area contributed by atoms with Crippen LogP contribution in [-0.4, -0.2) is 24.9 Å². The molecule has 5 nitrogen and oxygen atoms in total. The van der Waals surface area contributed by atoms with Gasteiger partial charge in [0.05, 0.1) is 0 Å². The maximum atomic E-state index is 12.2. The van der Waals surface area contributed by atoms with E-state index in [4.69, 9.17) is 9.47 Å². The normalized spacial score (nSPS) is 13.6. The Morgan fingerprint density at radius 3 is 2.44 bits per heavy atom. The smallest absolute Gasteiger partial charge is 0.315 e. The fraction of sp³-hybridized carbons (Fsp3) is 0.350. The van der Waals surface area contributed by atoms with Crippen LogP contribution in [0.3, 0.4) is 0 Å². The van der Waals surface area contributed by atoms with E-state index in [1.54, 1.807) is 0 Å². The van der Waals surface area contributed by atoms with Crippen LogP contribution in [0.25, 0.3) is 0 Å². The maximum absolute atomic E-state index is 12.2. The SMILES string of the molecule is CC(C)NC(=O)NC(Cc1ccccc1)Cc1ccc2c(c1)OCO2. The van der Waals surface area contributed by atoms with E-state index in [9.17, 15) is 4.79 Å². The number of nitrogens with one attached hydrogen (secondary N) is 2. The first-order valence-electron chi connectivity index (χ1n) is 8.59. The minimum atomic E-state index is -0.142. The van der Waals surface area contributed by atoms with Gasteiger partial charge in [0.25, 0.3) is 0 Å². The highest BCUT2D eigenvalue weighted by Gasteiger charge is 2.18. The molecule has 2 N–H and O–H groups in total. The molecule has 25 heavy (non-hydrogen) atoms. The first kappa shape index (κ1) is 17.1. The number of carbonyl (C=O) groups is 1. The fourth-order valence-corrected chi connectivity index (χ4v) is 2.91. The second-order valence-corrected chi connectivity index (χ2v) is 6.55. The lowest BCUT2D eigenvalue weighted by molar-refractivity contribution is 0.174. The summed E-state index contributed by atoms with van der Waals surface area (Å²) in [6.45, 7) is 4.16. The molecule has 1 atom stereocenters. The summed E-state index contributed by atoms with van der Waals surface area (Å²) in [6.07, 6.45) is 1.48. The quantitative estimate of drug-likeness (QED) is 0.848. The summed E-state index contributed by atoms with van der Waals surface area (Å²) in [6, 6.07) is 16.1. The summed E-state index contributed by atoms with van der Waals surface area (Å²) in [5.74, 6) is 1.54.